The lowest BCUT2D eigenvalue weighted by atomic mass is 9.89. The van der Waals surface area contributed by atoms with Gasteiger partial charge in [0.25, 0.3) is 0 Å². The van der Waals surface area contributed by atoms with Crippen molar-refractivity contribution in [2.45, 2.75) is 36.2 Å². The second kappa shape index (κ2) is 7.69. The van der Waals surface area contributed by atoms with Crippen LogP contribution in [0.2, 0.25) is 0 Å². The molecule has 28 heavy (non-hydrogen) atoms. The van der Waals surface area contributed by atoms with Gasteiger partial charge in [0.05, 0.1) is 13.7 Å². The van der Waals surface area contributed by atoms with Gasteiger partial charge in [-0.25, -0.2) is 18.9 Å². The second-order valence-corrected chi connectivity index (χ2v) is 7.81. The Labute approximate surface area is 170 Å². The molecule has 0 spiro atoms. The van der Waals surface area contributed by atoms with Gasteiger partial charge in [0, 0.05) is 16.8 Å². The molecule has 2 atom stereocenters. The highest BCUT2D eigenvalue weighted by Crippen LogP contribution is 2.53. The summed E-state index contributed by atoms with van der Waals surface area (Å²) in [5, 5.41) is 4.89. The van der Waals surface area contributed by atoms with Crippen molar-refractivity contribution in [1.82, 2.24) is 14.8 Å². The largest absolute Gasteiger partial charge is 0.461 e. The molecule has 0 amide bonds. The third-order valence-corrected chi connectivity index (χ3v) is 6.00. The summed E-state index contributed by atoms with van der Waals surface area (Å²) >= 11 is 7.29. The summed E-state index contributed by atoms with van der Waals surface area (Å²) in [7, 11) is 1.31. The zero-order valence-electron chi connectivity index (χ0n) is 15.0. The number of hydrogen-bond acceptors (Lipinski definition) is 6. The molecule has 1 aromatic carbocycles. The molecule has 1 aliphatic heterocycles. The fourth-order valence-corrected chi connectivity index (χ4v) is 4.14. The fraction of sp³-hybridized carbons (Fsp3) is 0.316. The predicted octanol–water partition coefficient (Wildman–Crippen LogP) is 4.41. The number of aromatic nitrogens is 3. The maximum atomic E-state index is 13.5. The van der Waals surface area contributed by atoms with E-state index in [0.29, 0.717) is 11.7 Å². The van der Waals surface area contributed by atoms with Crippen LogP contribution in [-0.4, -0.2) is 33.3 Å². The third kappa shape index (κ3) is 3.59. The molecule has 2 aromatic rings. The lowest BCUT2D eigenvalue weighted by molar-refractivity contribution is 0.200. The van der Waals surface area contributed by atoms with Gasteiger partial charge in [-0.2, -0.15) is 5.10 Å². The molecule has 0 bridgehead atoms. The van der Waals surface area contributed by atoms with Crippen LogP contribution in [0.25, 0.3) is 0 Å². The summed E-state index contributed by atoms with van der Waals surface area (Å²) in [4.78, 5) is 15.8. The molecule has 2 unspecified atom stereocenters. The molecular formula is C19H17ClFN3O3S. The van der Waals surface area contributed by atoms with Crippen molar-refractivity contribution in [3.8, 4) is 0 Å². The summed E-state index contributed by atoms with van der Waals surface area (Å²) in [5.74, 6) is -0.325. The second-order valence-electron chi connectivity index (χ2n) is 6.45. The van der Waals surface area contributed by atoms with E-state index in [9.17, 15) is 9.18 Å². The first-order valence-corrected chi connectivity index (χ1v) is 9.85. The highest BCUT2D eigenvalue weighted by Gasteiger charge is 2.60. The Balaban J connectivity index is 1.68. The van der Waals surface area contributed by atoms with Crippen LogP contribution in [-0.2, 0) is 21.6 Å². The minimum Gasteiger partial charge on any atom is -0.461 e. The Morgan fingerprint density at radius 1 is 1.46 bits per heavy atom. The number of rotatable bonds is 5. The molecule has 0 N–H and O–H groups in total. The van der Waals surface area contributed by atoms with Crippen LogP contribution < -0.4 is 0 Å². The van der Waals surface area contributed by atoms with Crippen LogP contribution in [0.4, 0.5) is 9.18 Å². The Morgan fingerprint density at radius 3 is 2.96 bits per heavy atom. The van der Waals surface area contributed by atoms with Gasteiger partial charge in [-0.3, -0.25) is 0 Å². The third-order valence-electron chi connectivity index (χ3n) is 4.76. The number of methoxy groups -OCH3 is 1. The van der Waals surface area contributed by atoms with Crippen LogP contribution in [0.15, 0.2) is 58.5 Å². The van der Waals surface area contributed by atoms with Crippen molar-refractivity contribution in [3.63, 3.8) is 0 Å². The standard InChI is InChI=1S/C19H17ClFN3O3S/c1-26-18(25)28-17-22-11-23-24(17)10-19(12-6-8-13(21)9-7-12)16(27-19)14-4-2-3-5-15(14)20/h2,4,6-9,11,16H,3,5,10H2,1H3. The zero-order valence-corrected chi connectivity index (χ0v) is 16.5. The van der Waals surface area contributed by atoms with Crippen molar-refractivity contribution in [2.75, 3.05) is 7.11 Å². The number of carbonyl (C=O) groups is 1. The molecule has 146 valence electrons. The summed E-state index contributed by atoms with van der Waals surface area (Å²) in [6.45, 7) is 0.296. The molecule has 0 saturated carbocycles. The van der Waals surface area contributed by atoms with Gasteiger partial charge in [0.2, 0.25) is 0 Å². The van der Waals surface area contributed by atoms with Crippen molar-refractivity contribution in [3.05, 3.63) is 64.7 Å². The number of thioether (sulfide) groups is 1. The number of allylic oxidation sites excluding steroid dienone is 2. The van der Waals surface area contributed by atoms with E-state index in [1.165, 1.54) is 25.6 Å². The summed E-state index contributed by atoms with van der Waals surface area (Å²) < 4.78 is 25.9. The number of nitrogens with zero attached hydrogens (tertiary/aromatic N) is 3. The van der Waals surface area contributed by atoms with Crippen LogP contribution >= 0.6 is 23.4 Å². The first-order valence-electron chi connectivity index (χ1n) is 8.66. The average Bonchev–Trinajstić information content (AvgIpc) is 3.26. The average molecular weight is 422 g/mol. The van der Waals surface area contributed by atoms with E-state index in [4.69, 9.17) is 16.3 Å². The lowest BCUT2D eigenvalue weighted by Gasteiger charge is -2.17. The highest BCUT2D eigenvalue weighted by atomic mass is 35.5. The maximum Gasteiger partial charge on any atom is 0.374 e. The van der Waals surface area contributed by atoms with Crippen LogP contribution in [0, 0.1) is 5.82 Å². The molecular weight excluding hydrogens is 405 g/mol. The van der Waals surface area contributed by atoms with E-state index in [0.717, 1.165) is 40.8 Å². The van der Waals surface area contributed by atoms with Crippen LogP contribution in [0.3, 0.4) is 0 Å². The van der Waals surface area contributed by atoms with Crippen molar-refractivity contribution < 1.29 is 18.7 Å². The van der Waals surface area contributed by atoms with E-state index >= 15 is 0 Å². The monoisotopic (exact) mass is 421 g/mol. The van der Waals surface area contributed by atoms with Gasteiger partial charge in [-0.1, -0.05) is 35.9 Å². The highest BCUT2D eigenvalue weighted by molar-refractivity contribution is 8.13. The topological polar surface area (TPSA) is 69.5 Å². The minimum atomic E-state index is -0.774. The SMILES string of the molecule is COC(=O)Sc1ncnn1CC1(c2ccc(F)cc2)OC1C1=C(Cl)CCC=C1. The Kier molecular flexibility index (Phi) is 5.27. The van der Waals surface area contributed by atoms with E-state index < -0.39 is 10.9 Å². The summed E-state index contributed by atoms with van der Waals surface area (Å²) in [6, 6.07) is 6.18. The van der Waals surface area contributed by atoms with Gasteiger partial charge < -0.3 is 9.47 Å². The predicted molar refractivity (Wildman–Crippen MR) is 102 cm³/mol. The van der Waals surface area contributed by atoms with Gasteiger partial charge in [0.1, 0.15) is 23.8 Å². The van der Waals surface area contributed by atoms with E-state index in [-0.39, 0.29) is 11.9 Å². The number of halogens is 2. The normalized spacial score (nSPS) is 23.8. The molecule has 1 aromatic heterocycles. The van der Waals surface area contributed by atoms with Gasteiger partial charge in [0.15, 0.2) is 5.16 Å². The molecule has 0 radical (unpaired) electrons. The molecule has 1 saturated heterocycles. The van der Waals surface area contributed by atoms with Crippen molar-refractivity contribution >= 4 is 28.7 Å². The van der Waals surface area contributed by atoms with E-state index in [1.54, 1.807) is 16.8 Å². The maximum absolute atomic E-state index is 13.5. The molecule has 6 nitrogen and oxygen atoms in total. The number of epoxide rings is 1. The van der Waals surface area contributed by atoms with Gasteiger partial charge in [-0.15, -0.1) is 0 Å². The first-order chi connectivity index (χ1) is 13.5. The minimum absolute atomic E-state index is 0.290. The van der Waals surface area contributed by atoms with Gasteiger partial charge in [-0.05, 0) is 36.1 Å². The molecule has 4 rings (SSSR count). The fourth-order valence-electron chi connectivity index (χ4n) is 3.32. The van der Waals surface area contributed by atoms with Crippen molar-refractivity contribution in [1.29, 1.82) is 0 Å². The van der Waals surface area contributed by atoms with E-state index in [1.807, 2.05) is 6.08 Å². The zero-order chi connectivity index (χ0) is 19.7. The quantitative estimate of drug-likeness (QED) is 0.404. The molecule has 2 aliphatic rings. The Bertz CT molecular complexity index is 960. The number of benzene rings is 1. The number of ether oxygens (including phenoxy) is 2. The summed E-state index contributed by atoms with van der Waals surface area (Å²) in [5.41, 5.74) is 0.947. The Morgan fingerprint density at radius 2 is 2.25 bits per heavy atom. The van der Waals surface area contributed by atoms with Gasteiger partial charge >= 0.3 is 5.30 Å². The smallest absolute Gasteiger partial charge is 0.374 e. The molecule has 1 fully saturated rings. The number of carbonyl (C=O) groups excluding carboxylic acids is 1. The number of hydrogen-bond donors (Lipinski definition) is 0. The first kappa shape index (κ1) is 19.2. The van der Waals surface area contributed by atoms with Crippen LogP contribution in [0.1, 0.15) is 18.4 Å². The van der Waals surface area contributed by atoms with Crippen LogP contribution in [0.5, 0.6) is 0 Å². The Hall–Kier alpha value is -2.16. The molecule has 9 heteroatoms. The lowest BCUT2D eigenvalue weighted by Crippen LogP contribution is -2.23. The summed E-state index contributed by atoms with van der Waals surface area (Å²) in [6.07, 6.45) is 6.77. The van der Waals surface area contributed by atoms with E-state index in [2.05, 4.69) is 20.9 Å². The molecule has 2 heterocycles. The van der Waals surface area contributed by atoms with Crippen molar-refractivity contribution in [2.24, 2.45) is 0 Å². The molecule has 1 aliphatic carbocycles.